The predicted molar refractivity (Wildman–Crippen MR) is 72.0 cm³/mol. The van der Waals surface area contributed by atoms with Gasteiger partial charge in [0.05, 0.1) is 26.5 Å². The Hall–Kier alpha value is -2.50. The molecule has 0 saturated carbocycles. The number of rotatable bonds is 5. The van der Waals surface area contributed by atoms with E-state index in [1.165, 1.54) is 20.5 Å². The Morgan fingerprint density at radius 1 is 1.25 bits per heavy atom. The van der Waals surface area contributed by atoms with Gasteiger partial charge in [-0.2, -0.15) is 0 Å². The molecule has 1 aromatic carbocycles. The minimum Gasteiger partial charge on any atom is -0.497 e. The van der Waals surface area contributed by atoms with E-state index in [2.05, 4.69) is 10.3 Å². The zero-order valence-corrected chi connectivity index (χ0v) is 11.6. The second-order valence-corrected chi connectivity index (χ2v) is 4.14. The van der Waals surface area contributed by atoms with Gasteiger partial charge in [0.2, 0.25) is 0 Å². The molecular formula is C14H16N2O4. The SMILES string of the molecule is COc1cc(OC)cc(C(=O)NCc2coc(C)n2)c1. The molecule has 0 atom stereocenters. The van der Waals surface area contributed by atoms with Crippen molar-refractivity contribution in [2.24, 2.45) is 0 Å². The number of aryl methyl sites for hydroxylation is 1. The van der Waals surface area contributed by atoms with E-state index < -0.39 is 0 Å². The van der Waals surface area contributed by atoms with Crippen LogP contribution in [0.25, 0.3) is 0 Å². The number of amides is 1. The number of oxazole rings is 1. The van der Waals surface area contributed by atoms with Gasteiger partial charge in [-0.25, -0.2) is 4.98 Å². The lowest BCUT2D eigenvalue weighted by Gasteiger charge is -2.08. The van der Waals surface area contributed by atoms with Gasteiger partial charge in [-0.1, -0.05) is 0 Å². The average molecular weight is 276 g/mol. The van der Waals surface area contributed by atoms with Gasteiger partial charge in [0, 0.05) is 18.6 Å². The minimum atomic E-state index is -0.233. The Balaban J connectivity index is 2.08. The van der Waals surface area contributed by atoms with Crippen molar-refractivity contribution in [1.29, 1.82) is 0 Å². The molecule has 1 amide bonds. The Kier molecular flexibility index (Phi) is 4.24. The molecular weight excluding hydrogens is 260 g/mol. The van der Waals surface area contributed by atoms with Crippen LogP contribution in [0, 0.1) is 6.92 Å². The van der Waals surface area contributed by atoms with Crippen LogP contribution in [0.4, 0.5) is 0 Å². The Morgan fingerprint density at radius 2 is 1.90 bits per heavy atom. The summed E-state index contributed by atoms with van der Waals surface area (Å²) in [6.45, 7) is 2.05. The summed E-state index contributed by atoms with van der Waals surface area (Å²) >= 11 is 0. The topological polar surface area (TPSA) is 73.6 Å². The van der Waals surface area contributed by atoms with Gasteiger partial charge in [-0.05, 0) is 12.1 Å². The van der Waals surface area contributed by atoms with Crippen molar-refractivity contribution in [1.82, 2.24) is 10.3 Å². The fourth-order valence-corrected chi connectivity index (χ4v) is 1.70. The van der Waals surface area contributed by atoms with Crippen LogP contribution in [0.3, 0.4) is 0 Å². The van der Waals surface area contributed by atoms with Crippen molar-refractivity contribution in [3.63, 3.8) is 0 Å². The van der Waals surface area contributed by atoms with E-state index in [4.69, 9.17) is 13.9 Å². The fourth-order valence-electron chi connectivity index (χ4n) is 1.70. The van der Waals surface area contributed by atoms with Gasteiger partial charge in [-0.15, -0.1) is 0 Å². The largest absolute Gasteiger partial charge is 0.497 e. The highest BCUT2D eigenvalue weighted by Crippen LogP contribution is 2.22. The van der Waals surface area contributed by atoms with Gasteiger partial charge in [0.25, 0.3) is 5.91 Å². The van der Waals surface area contributed by atoms with Crippen molar-refractivity contribution >= 4 is 5.91 Å². The van der Waals surface area contributed by atoms with Crippen LogP contribution in [-0.4, -0.2) is 25.1 Å². The number of benzene rings is 1. The number of nitrogens with zero attached hydrogens (tertiary/aromatic N) is 1. The molecule has 0 bridgehead atoms. The van der Waals surface area contributed by atoms with Crippen molar-refractivity contribution in [2.75, 3.05) is 14.2 Å². The molecule has 1 aromatic heterocycles. The van der Waals surface area contributed by atoms with E-state index in [0.29, 0.717) is 35.2 Å². The van der Waals surface area contributed by atoms with Gasteiger partial charge in [-0.3, -0.25) is 4.79 Å². The molecule has 0 aliphatic heterocycles. The molecule has 0 aliphatic rings. The Morgan fingerprint density at radius 3 is 2.40 bits per heavy atom. The van der Waals surface area contributed by atoms with Gasteiger partial charge < -0.3 is 19.2 Å². The number of carbonyl (C=O) groups excluding carboxylic acids is 1. The molecule has 1 heterocycles. The highest BCUT2D eigenvalue weighted by atomic mass is 16.5. The lowest BCUT2D eigenvalue weighted by molar-refractivity contribution is 0.0949. The first-order chi connectivity index (χ1) is 9.62. The molecule has 6 nitrogen and oxygen atoms in total. The molecule has 6 heteroatoms. The standard InChI is InChI=1S/C14H16N2O4/c1-9-16-11(8-20-9)7-15-14(17)10-4-12(18-2)6-13(5-10)19-3/h4-6,8H,7H2,1-3H3,(H,15,17). The smallest absolute Gasteiger partial charge is 0.251 e. The van der Waals surface area contributed by atoms with Crippen LogP contribution >= 0.6 is 0 Å². The van der Waals surface area contributed by atoms with E-state index in [1.807, 2.05) is 0 Å². The van der Waals surface area contributed by atoms with E-state index in [9.17, 15) is 4.79 Å². The number of carbonyl (C=O) groups is 1. The number of methoxy groups -OCH3 is 2. The van der Waals surface area contributed by atoms with Gasteiger partial charge >= 0.3 is 0 Å². The van der Waals surface area contributed by atoms with Crippen LogP contribution in [-0.2, 0) is 6.54 Å². The zero-order valence-electron chi connectivity index (χ0n) is 11.6. The monoisotopic (exact) mass is 276 g/mol. The molecule has 1 N–H and O–H groups in total. The number of hydrogen-bond donors (Lipinski definition) is 1. The second-order valence-electron chi connectivity index (χ2n) is 4.14. The van der Waals surface area contributed by atoms with E-state index in [1.54, 1.807) is 25.1 Å². The summed E-state index contributed by atoms with van der Waals surface area (Å²) in [5, 5.41) is 2.76. The van der Waals surface area contributed by atoms with Crippen LogP contribution in [0.5, 0.6) is 11.5 Å². The molecule has 0 spiro atoms. The summed E-state index contributed by atoms with van der Waals surface area (Å²) < 4.78 is 15.3. The summed E-state index contributed by atoms with van der Waals surface area (Å²) in [5.41, 5.74) is 1.13. The summed E-state index contributed by atoms with van der Waals surface area (Å²) in [6.07, 6.45) is 1.52. The first-order valence-corrected chi connectivity index (χ1v) is 6.04. The predicted octanol–water partition coefficient (Wildman–Crippen LogP) is 1.93. The summed E-state index contributed by atoms with van der Waals surface area (Å²) in [5.74, 6) is 1.46. The van der Waals surface area contributed by atoms with Crippen molar-refractivity contribution < 1.29 is 18.7 Å². The van der Waals surface area contributed by atoms with E-state index in [0.717, 1.165) is 0 Å². The minimum absolute atomic E-state index is 0.233. The molecule has 0 saturated heterocycles. The molecule has 0 aliphatic carbocycles. The Labute approximate surface area is 116 Å². The van der Waals surface area contributed by atoms with E-state index in [-0.39, 0.29) is 5.91 Å². The first kappa shape index (κ1) is 13.9. The summed E-state index contributed by atoms with van der Waals surface area (Å²) in [6, 6.07) is 5.00. The number of ether oxygens (including phenoxy) is 2. The molecule has 0 unspecified atom stereocenters. The van der Waals surface area contributed by atoms with Crippen LogP contribution in [0.1, 0.15) is 21.9 Å². The molecule has 0 fully saturated rings. The number of hydrogen-bond acceptors (Lipinski definition) is 5. The maximum atomic E-state index is 12.1. The molecule has 106 valence electrons. The molecule has 0 radical (unpaired) electrons. The van der Waals surface area contributed by atoms with Crippen molar-refractivity contribution in [3.05, 3.63) is 41.6 Å². The molecule has 2 aromatic rings. The first-order valence-electron chi connectivity index (χ1n) is 6.04. The van der Waals surface area contributed by atoms with Gasteiger partial charge in [0.15, 0.2) is 5.89 Å². The van der Waals surface area contributed by atoms with E-state index >= 15 is 0 Å². The Bertz CT molecular complexity index is 585. The lowest BCUT2D eigenvalue weighted by atomic mass is 10.2. The molecule has 2 rings (SSSR count). The highest BCUT2D eigenvalue weighted by molar-refractivity contribution is 5.95. The quantitative estimate of drug-likeness (QED) is 0.903. The van der Waals surface area contributed by atoms with Crippen LogP contribution in [0.2, 0.25) is 0 Å². The summed E-state index contributed by atoms with van der Waals surface area (Å²) in [7, 11) is 3.07. The average Bonchev–Trinajstić information content (AvgIpc) is 2.89. The lowest BCUT2D eigenvalue weighted by Crippen LogP contribution is -2.23. The summed E-state index contributed by atoms with van der Waals surface area (Å²) in [4.78, 5) is 16.2. The molecule has 20 heavy (non-hydrogen) atoms. The van der Waals surface area contributed by atoms with Crippen molar-refractivity contribution in [2.45, 2.75) is 13.5 Å². The van der Waals surface area contributed by atoms with Crippen LogP contribution in [0.15, 0.2) is 28.9 Å². The third kappa shape index (κ3) is 3.28. The fraction of sp³-hybridized carbons (Fsp3) is 0.286. The maximum absolute atomic E-state index is 12.1. The highest BCUT2D eigenvalue weighted by Gasteiger charge is 2.10. The van der Waals surface area contributed by atoms with Crippen molar-refractivity contribution in [3.8, 4) is 11.5 Å². The normalized spacial score (nSPS) is 10.2. The maximum Gasteiger partial charge on any atom is 0.251 e. The number of aromatic nitrogens is 1. The second kappa shape index (κ2) is 6.10. The third-order valence-electron chi connectivity index (χ3n) is 2.71. The zero-order chi connectivity index (χ0) is 14.5. The number of nitrogens with one attached hydrogen (secondary N) is 1. The third-order valence-corrected chi connectivity index (χ3v) is 2.71. The van der Waals surface area contributed by atoms with Gasteiger partial charge in [0.1, 0.15) is 17.8 Å². The van der Waals surface area contributed by atoms with Crippen LogP contribution < -0.4 is 14.8 Å².